The van der Waals surface area contributed by atoms with Gasteiger partial charge in [0.2, 0.25) is 0 Å². The van der Waals surface area contributed by atoms with Gasteiger partial charge in [-0.15, -0.1) is 5.10 Å². The van der Waals surface area contributed by atoms with Crippen LogP contribution in [0.1, 0.15) is 61.1 Å². The maximum atomic E-state index is 12.8. The minimum Gasteiger partial charge on any atom is -0.497 e. The maximum absolute atomic E-state index is 12.8. The molecule has 2 aromatic carbocycles. The average Bonchev–Trinajstić information content (AvgIpc) is 3.67. The smallest absolute Gasteiger partial charge is 0.490 e. The van der Waals surface area contributed by atoms with E-state index in [2.05, 4.69) is 48.1 Å². The van der Waals surface area contributed by atoms with Crippen molar-refractivity contribution >= 4 is 35.6 Å². The van der Waals surface area contributed by atoms with Crippen LogP contribution >= 0.6 is 0 Å². The van der Waals surface area contributed by atoms with Gasteiger partial charge in [0.05, 0.1) is 19.3 Å². The van der Waals surface area contributed by atoms with Crippen molar-refractivity contribution in [2.75, 3.05) is 23.9 Å². The Hall–Kier alpha value is -5.35. The van der Waals surface area contributed by atoms with Crippen molar-refractivity contribution in [1.29, 1.82) is 0 Å². The highest BCUT2D eigenvalue weighted by Gasteiger charge is 2.38. The first-order chi connectivity index (χ1) is 22.9. The van der Waals surface area contributed by atoms with Crippen LogP contribution < -0.4 is 15.0 Å². The first-order valence-electron chi connectivity index (χ1n) is 14.4. The topological polar surface area (TPSA) is 146 Å². The molecule has 2 aromatic heterocycles. The van der Waals surface area contributed by atoms with E-state index in [0.717, 1.165) is 31.0 Å². The predicted molar refractivity (Wildman–Crippen MR) is 168 cm³/mol. The van der Waals surface area contributed by atoms with E-state index in [1.165, 1.54) is 11.1 Å². The molecule has 0 saturated carbocycles. The molecule has 1 aliphatic heterocycles. The quantitative estimate of drug-likeness (QED) is 0.146. The van der Waals surface area contributed by atoms with Crippen LogP contribution in [-0.4, -0.2) is 69.7 Å². The molecule has 11 nitrogen and oxygen atoms in total. The third-order valence-corrected chi connectivity index (χ3v) is 6.85. The Morgan fingerprint density at radius 3 is 2.04 bits per heavy atom. The number of hydrogen-bond acceptors (Lipinski definition) is 7. The van der Waals surface area contributed by atoms with Gasteiger partial charge in [0.1, 0.15) is 11.6 Å². The number of benzene rings is 2. The molecule has 17 heteroatoms. The van der Waals surface area contributed by atoms with Crippen molar-refractivity contribution in [1.82, 2.24) is 14.6 Å². The van der Waals surface area contributed by atoms with Gasteiger partial charge in [0, 0.05) is 12.1 Å². The number of halogens is 6. The third kappa shape index (κ3) is 12.3. The zero-order chi connectivity index (χ0) is 36.9. The number of carbonyl (C=O) groups excluding carboxylic acids is 1. The second kappa shape index (κ2) is 17.7. The number of methoxy groups -OCH3 is 1. The molecule has 5 rings (SSSR count). The molecule has 0 spiro atoms. The zero-order valence-corrected chi connectivity index (χ0v) is 26.8. The molecule has 3 N–H and O–H groups in total. The molecule has 1 aliphatic rings. The van der Waals surface area contributed by atoms with Gasteiger partial charge in [-0.1, -0.05) is 45.0 Å². The molecule has 0 radical (unpaired) electrons. The third-order valence-electron chi connectivity index (χ3n) is 6.85. The number of carboxylic acid groups (broad SMARTS) is 2. The van der Waals surface area contributed by atoms with Crippen molar-refractivity contribution in [2.45, 2.75) is 57.9 Å². The summed E-state index contributed by atoms with van der Waals surface area (Å²) in [6, 6.07) is 20.2. The number of alkyl halides is 6. The van der Waals surface area contributed by atoms with Crippen LogP contribution in [0.25, 0.3) is 5.65 Å². The molecule has 0 bridgehead atoms. The van der Waals surface area contributed by atoms with Crippen LogP contribution in [0.2, 0.25) is 0 Å². The largest absolute Gasteiger partial charge is 0.497 e. The van der Waals surface area contributed by atoms with E-state index in [0.29, 0.717) is 17.0 Å². The molecular formula is C32H35F6N5O6. The van der Waals surface area contributed by atoms with E-state index in [1.54, 1.807) is 17.8 Å². The van der Waals surface area contributed by atoms with E-state index in [9.17, 15) is 31.1 Å². The Labute approximate surface area is 277 Å². The van der Waals surface area contributed by atoms with Gasteiger partial charge in [-0.2, -0.15) is 26.3 Å². The van der Waals surface area contributed by atoms with Crippen LogP contribution in [0, 0.1) is 0 Å². The summed E-state index contributed by atoms with van der Waals surface area (Å²) in [5, 5.41) is 21.7. The summed E-state index contributed by atoms with van der Waals surface area (Å²) in [4.78, 5) is 36.9. The standard InChI is InChI=1S/C28H31N5O2.C2HF3O2.CHF3.CH2O2/c1-28(2,3)21-11-7-20(8-12-21)27(34)30-24-18-33-25(29-24)15-16-26(31-33)32-17-5-6-23(32)19-9-13-22(35-4)14-10-19;3-2(4,5)1(6)7;2-1(3)4;2-1-3/h7-16,18,23H,5-6,17H2,1-4H3,(H,30,34);(H,6,7);1H;1H,(H,2,3). The molecule has 1 saturated heterocycles. The number of imidazole rings is 1. The number of aliphatic carboxylic acids is 1. The lowest BCUT2D eigenvalue weighted by atomic mass is 9.87. The van der Waals surface area contributed by atoms with Crippen molar-refractivity contribution in [2.24, 2.45) is 0 Å². The Morgan fingerprint density at radius 1 is 1.00 bits per heavy atom. The van der Waals surface area contributed by atoms with Gasteiger partial charge < -0.3 is 25.2 Å². The van der Waals surface area contributed by atoms with Crippen molar-refractivity contribution < 1.29 is 55.7 Å². The number of ether oxygens (including phenoxy) is 1. The Morgan fingerprint density at radius 2 is 1.55 bits per heavy atom. The number of aromatic nitrogens is 3. The van der Waals surface area contributed by atoms with Gasteiger partial charge in [-0.3, -0.25) is 9.59 Å². The monoisotopic (exact) mass is 699 g/mol. The highest BCUT2D eigenvalue weighted by atomic mass is 19.4. The fourth-order valence-electron chi connectivity index (χ4n) is 4.61. The van der Waals surface area contributed by atoms with E-state index in [-0.39, 0.29) is 23.8 Å². The molecule has 49 heavy (non-hydrogen) atoms. The summed E-state index contributed by atoms with van der Waals surface area (Å²) in [6.07, 6.45) is -1.14. The number of hydrogen-bond donors (Lipinski definition) is 3. The molecule has 266 valence electrons. The maximum Gasteiger partial charge on any atom is 0.490 e. The van der Waals surface area contributed by atoms with Crippen LogP contribution in [0.5, 0.6) is 5.75 Å². The summed E-state index contributed by atoms with van der Waals surface area (Å²) < 4.78 is 67.8. The number of carbonyl (C=O) groups is 3. The number of amides is 1. The highest BCUT2D eigenvalue weighted by Crippen LogP contribution is 2.36. The van der Waals surface area contributed by atoms with Crippen molar-refractivity contribution in [3.05, 3.63) is 83.6 Å². The van der Waals surface area contributed by atoms with Gasteiger partial charge >= 0.3 is 18.8 Å². The summed E-state index contributed by atoms with van der Waals surface area (Å²) >= 11 is 0. The van der Waals surface area contributed by atoms with Crippen LogP contribution in [-0.2, 0) is 15.0 Å². The fraction of sp³-hybridized carbons (Fsp3) is 0.344. The summed E-state index contributed by atoms with van der Waals surface area (Å²) in [6.45, 7) is 3.49. The van der Waals surface area contributed by atoms with Gasteiger partial charge in [-0.25, -0.2) is 14.3 Å². The Bertz CT molecular complexity index is 1660. The number of nitrogens with zero attached hydrogens (tertiary/aromatic N) is 4. The zero-order valence-electron chi connectivity index (χ0n) is 26.8. The van der Waals surface area contributed by atoms with E-state index >= 15 is 0 Å². The van der Waals surface area contributed by atoms with Crippen LogP contribution in [0.4, 0.5) is 38.0 Å². The number of fused-ring (bicyclic) bond motifs is 1. The first kappa shape index (κ1) is 39.8. The van der Waals surface area contributed by atoms with Gasteiger partial charge in [-0.05, 0) is 65.8 Å². The lowest BCUT2D eigenvalue weighted by Crippen LogP contribution is -2.24. The molecular weight excluding hydrogens is 664 g/mol. The van der Waals surface area contributed by atoms with Gasteiger partial charge in [0.15, 0.2) is 11.5 Å². The van der Waals surface area contributed by atoms with E-state index in [1.807, 2.05) is 48.5 Å². The van der Waals surface area contributed by atoms with E-state index < -0.39 is 18.8 Å². The molecule has 1 atom stereocenters. The fourth-order valence-corrected chi connectivity index (χ4v) is 4.61. The minimum absolute atomic E-state index is 0.0434. The van der Waals surface area contributed by atoms with E-state index in [4.69, 9.17) is 29.6 Å². The minimum atomic E-state index is -5.08. The predicted octanol–water partition coefficient (Wildman–Crippen LogP) is 7.14. The van der Waals surface area contributed by atoms with Crippen molar-refractivity contribution in [3.63, 3.8) is 0 Å². The first-order valence-corrected chi connectivity index (χ1v) is 14.4. The molecule has 1 amide bonds. The van der Waals surface area contributed by atoms with Crippen LogP contribution in [0.3, 0.4) is 0 Å². The summed E-state index contributed by atoms with van der Waals surface area (Å²) in [5.74, 6) is -0.715. The lowest BCUT2D eigenvalue weighted by Gasteiger charge is -2.26. The number of anilines is 2. The Kier molecular flexibility index (Phi) is 14.4. The second-order valence-corrected chi connectivity index (χ2v) is 11.2. The molecule has 3 heterocycles. The second-order valence-electron chi connectivity index (χ2n) is 11.2. The number of rotatable bonds is 5. The number of nitrogens with one attached hydrogen (secondary N) is 1. The SMILES string of the molecule is COc1ccc(C2CCCN2c2ccc3nc(NC(=O)c4ccc(C(C)(C)C)cc4)cn3n2)cc1.FC(F)F.O=C(O)C(F)(F)F.O=CO. The van der Waals surface area contributed by atoms with Gasteiger partial charge in [0.25, 0.3) is 12.4 Å². The molecule has 4 aromatic rings. The highest BCUT2D eigenvalue weighted by molar-refractivity contribution is 6.03. The lowest BCUT2D eigenvalue weighted by molar-refractivity contribution is -0.192. The molecule has 0 aliphatic carbocycles. The normalized spacial score (nSPS) is 14.0. The summed E-state index contributed by atoms with van der Waals surface area (Å²) in [5.41, 5.74) is 3.77. The number of carboxylic acids is 1. The molecule has 1 unspecified atom stereocenters. The van der Waals surface area contributed by atoms with Crippen molar-refractivity contribution in [3.8, 4) is 5.75 Å². The Balaban J connectivity index is 0.000000506. The molecule has 1 fully saturated rings. The average molecular weight is 700 g/mol. The van der Waals surface area contributed by atoms with Crippen LogP contribution in [0.15, 0.2) is 66.9 Å². The summed E-state index contributed by atoms with van der Waals surface area (Å²) in [7, 11) is 1.68.